The summed E-state index contributed by atoms with van der Waals surface area (Å²) in [4.78, 5) is 10.8. The number of nitrogens with zero attached hydrogens (tertiary/aromatic N) is 3. The first-order valence-corrected chi connectivity index (χ1v) is 7.83. The summed E-state index contributed by atoms with van der Waals surface area (Å²) in [5.74, 6) is 1.98. The van der Waals surface area contributed by atoms with E-state index >= 15 is 0 Å². The smallest absolute Gasteiger partial charge is 0.134 e. The molecular formula is C15H24N4O2. The maximum absolute atomic E-state index is 10.1. The molecule has 0 bridgehead atoms. The van der Waals surface area contributed by atoms with Gasteiger partial charge in [0.25, 0.3) is 0 Å². The molecule has 1 atom stereocenters. The molecule has 116 valence electrons. The molecule has 0 amide bonds. The van der Waals surface area contributed by atoms with Gasteiger partial charge in [0.1, 0.15) is 18.0 Å². The van der Waals surface area contributed by atoms with Crippen molar-refractivity contribution in [1.82, 2.24) is 9.97 Å². The number of rotatable bonds is 5. The number of nitrogens with one attached hydrogen (secondary N) is 1. The van der Waals surface area contributed by atoms with Crippen molar-refractivity contribution in [2.75, 3.05) is 36.5 Å². The molecule has 1 unspecified atom stereocenters. The van der Waals surface area contributed by atoms with Crippen LogP contribution in [0.2, 0.25) is 0 Å². The summed E-state index contributed by atoms with van der Waals surface area (Å²) in [6.07, 6.45) is 6.55. The van der Waals surface area contributed by atoms with E-state index in [4.69, 9.17) is 0 Å². The fraction of sp³-hybridized carbons (Fsp3) is 0.733. The van der Waals surface area contributed by atoms with Crippen molar-refractivity contribution in [3.05, 3.63) is 12.4 Å². The summed E-state index contributed by atoms with van der Waals surface area (Å²) < 4.78 is 0. The number of hydrogen-bond acceptors (Lipinski definition) is 6. The predicted octanol–water partition coefficient (Wildman–Crippen LogP) is 1.01. The molecular weight excluding hydrogens is 268 g/mol. The van der Waals surface area contributed by atoms with Crippen LogP contribution in [0.15, 0.2) is 12.4 Å². The lowest BCUT2D eigenvalue weighted by Gasteiger charge is -2.36. The van der Waals surface area contributed by atoms with Gasteiger partial charge in [-0.05, 0) is 38.0 Å². The lowest BCUT2D eigenvalue weighted by molar-refractivity contribution is -0.0202. The van der Waals surface area contributed by atoms with Crippen molar-refractivity contribution < 1.29 is 10.2 Å². The van der Waals surface area contributed by atoms with Gasteiger partial charge in [-0.25, -0.2) is 9.97 Å². The summed E-state index contributed by atoms with van der Waals surface area (Å²) in [6, 6.07) is 1.93. The average Bonchev–Trinajstić information content (AvgIpc) is 2.51. The molecule has 2 aliphatic rings. The van der Waals surface area contributed by atoms with Crippen LogP contribution in [-0.4, -0.2) is 52.0 Å². The molecule has 1 aliphatic heterocycles. The number of piperidine rings is 1. The number of aromatic nitrogens is 2. The standard InChI is InChI=1S/C15H24N4O2/c20-9-12-3-1-6-19(8-12)14-7-13(17-11-18-14)16-10-15(21)4-2-5-15/h7,11-12,20-21H,1-6,8-10H2,(H,16,17,18). The average molecular weight is 292 g/mol. The van der Waals surface area contributed by atoms with Crippen LogP contribution < -0.4 is 10.2 Å². The summed E-state index contributed by atoms with van der Waals surface area (Å²) in [5.41, 5.74) is -0.557. The van der Waals surface area contributed by atoms with Gasteiger partial charge in [0.15, 0.2) is 0 Å². The van der Waals surface area contributed by atoms with Gasteiger partial charge in [0.05, 0.1) is 5.60 Å². The lowest BCUT2D eigenvalue weighted by atomic mass is 9.80. The van der Waals surface area contributed by atoms with Gasteiger partial charge in [0.2, 0.25) is 0 Å². The van der Waals surface area contributed by atoms with Crippen molar-refractivity contribution in [3.63, 3.8) is 0 Å². The van der Waals surface area contributed by atoms with E-state index < -0.39 is 5.60 Å². The van der Waals surface area contributed by atoms with Gasteiger partial charge < -0.3 is 20.4 Å². The van der Waals surface area contributed by atoms with Crippen LogP contribution in [0.1, 0.15) is 32.1 Å². The second-order valence-electron chi connectivity index (χ2n) is 6.33. The monoisotopic (exact) mass is 292 g/mol. The van der Waals surface area contributed by atoms with Crippen molar-refractivity contribution >= 4 is 11.6 Å². The summed E-state index contributed by atoms with van der Waals surface area (Å²) >= 11 is 0. The van der Waals surface area contributed by atoms with Crippen LogP contribution in [0.25, 0.3) is 0 Å². The molecule has 1 aliphatic carbocycles. The second-order valence-corrected chi connectivity index (χ2v) is 6.33. The Labute approximate surface area is 125 Å². The van der Waals surface area contributed by atoms with E-state index in [0.29, 0.717) is 12.5 Å². The summed E-state index contributed by atoms with van der Waals surface area (Å²) in [7, 11) is 0. The highest BCUT2D eigenvalue weighted by molar-refractivity contribution is 5.49. The van der Waals surface area contributed by atoms with Gasteiger partial charge in [-0.15, -0.1) is 0 Å². The third-order valence-corrected chi connectivity index (χ3v) is 4.64. The topological polar surface area (TPSA) is 81.5 Å². The highest BCUT2D eigenvalue weighted by Crippen LogP contribution is 2.31. The van der Waals surface area contributed by atoms with Crippen LogP contribution in [0, 0.1) is 5.92 Å². The van der Waals surface area contributed by atoms with Gasteiger partial charge in [-0.1, -0.05) is 0 Å². The SMILES string of the molecule is OCC1CCCN(c2cc(NCC3(O)CCC3)ncn2)C1. The fourth-order valence-corrected chi connectivity index (χ4v) is 3.06. The van der Waals surface area contributed by atoms with Crippen LogP contribution in [0.3, 0.4) is 0 Å². The van der Waals surface area contributed by atoms with Crippen LogP contribution in [-0.2, 0) is 0 Å². The molecule has 1 aromatic rings. The minimum atomic E-state index is -0.557. The Hall–Kier alpha value is -1.40. The highest BCUT2D eigenvalue weighted by atomic mass is 16.3. The third-order valence-electron chi connectivity index (χ3n) is 4.64. The van der Waals surface area contributed by atoms with Crippen LogP contribution in [0.4, 0.5) is 11.6 Å². The molecule has 3 rings (SSSR count). The molecule has 1 aromatic heterocycles. The van der Waals surface area contributed by atoms with E-state index in [1.165, 1.54) is 0 Å². The number of anilines is 2. The normalized spacial score (nSPS) is 24.5. The van der Waals surface area contributed by atoms with Crippen LogP contribution in [0.5, 0.6) is 0 Å². The molecule has 6 nitrogen and oxygen atoms in total. The Balaban J connectivity index is 1.62. The first-order chi connectivity index (χ1) is 10.2. The maximum atomic E-state index is 10.1. The van der Waals surface area contributed by atoms with E-state index in [-0.39, 0.29) is 6.61 Å². The molecule has 2 heterocycles. The molecule has 0 radical (unpaired) electrons. The minimum absolute atomic E-state index is 0.236. The second kappa shape index (κ2) is 6.15. The Morgan fingerprint density at radius 2 is 2.19 bits per heavy atom. The first-order valence-electron chi connectivity index (χ1n) is 7.83. The lowest BCUT2D eigenvalue weighted by Crippen LogP contribution is -2.43. The zero-order valence-corrected chi connectivity index (χ0v) is 12.3. The molecule has 3 N–H and O–H groups in total. The Kier molecular flexibility index (Phi) is 4.26. The van der Waals surface area contributed by atoms with E-state index in [9.17, 15) is 10.2 Å². The quantitative estimate of drug-likeness (QED) is 0.751. The first kappa shape index (κ1) is 14.5. The van der Waals surface area contributed by atoms with E-state index in [2.05, 4.69) is 20.2 Å². The highest BCUT2D eigenvalue weighted by Gasteiger charge is 2.34. The fourth-order valence-electron chi connectivity index (χ4n) is 3.06. The number of aliphatic hydroxyl groups is 2. The molecule has 2 fully saturated rings. The molecule has 6 heteroatoms. The van der Waals surface area contributed by atoms with Gasteiger partial charge in [0, 0.05) is 32.3 Å². The predicted molar refractivity (Wildman–Crippen MR) is 81.3 cm³/mol. The summed E-state index contributed by atoms with van der Waals surface area (Å²) in [5, 5.41) is 22.6. The molecule has 0 aromatic carbocycles. The van der Waals surface area contributed by atoms with Crippen molar-refractivity contribution in [1.29, 1.82) is 0 Å². The molecule has 1 saturated heterocycles. The van der Waals surface area contributed by atoms with Crippen LogP contribution >= 0.6 is 0 Å². The molecule has 0 spiro atoms. The third kappa shape index (κ3) is 3.44. The Morgan fingerprint density at radius 3 is 2.90 bits per heavy atom. The zero-order chi connectivity index (χ0) is 14.7. The molecule has 1 saturated carbocycles. The van der Waals surface area contributed by atoms with Crippen molar-refractivity contribution in [3.8, 4) is 0 Å². The van der Waals surface area contributed by atoms with E-state index in [0.717, 1.165) is 56.8 Å². The minimum Gasteiger partial charge on any atom is -0.396 e. The largest absolute Gasteiger partial charge is 0.396 e. The molecule has 21 heavy (non-hydrogen) atoms. The zero-order valence-electron chi connectivity index (χ0n) is 12.3. The Bertz CT molecular complexity index is 478. The van der Waals surface area contributed by atoms with E-state index in [1.54, 1.807) is 6.33 Å². The maximum Gasteiger partial charge on any atom is 0.134 e. The summed E-state index contributed by atoms with van der Waals surface area (Å²) in [6.45, 7) is 2.59. The van der Waals surface area contributed by atoms with Gasteiger partial charge in [-0.3, -0.25) is 0 Å². The van der Waals surface area contributed by atoms with Crippen molar-refractivity contribution in [2.24, 2.45) is 5.92 Å². The Morgan fingerprint density at radius 1 is 1.33 bits per heavy atom. The van der Waals surface area contributed by atoms with E-state index in [1.807, 2.05) is 6.07 Å². The van der Waals surface area contributed by atoms with Gasteiger partial charge >= 0.3 is 0 Å². The number of aliphatic hydroxyl groups excluding tert-OH is 1. The van der Waals surface area contributed by atoms with Gasteiger partial charge in [-0.2, -0.15) is 0 Å². The number of hydrogen-bond donors (Lipinski definition) is 3. The van der Waals surface area contributed by atoms with Crippen molar-refractivity contribution in [2.45, 2.75) is 37.7 Å².